The number of hydrogen-bond donors (Lipinski definition) is 2. The van der Waals surface area contributed by atoms with Crippen molar-refractivity contribution in [1.29, 1.82) is 0 Å². The van der Waals surface area contributed by atoms with Gasteiger partial charge < -0.3 is 15.0 Å². The van der Waals surface area contributed by atoms with Crippen LogP contribution in [0, 0.1) is 0 Å². The van der Waals surface area contributed by atoms with Crippen LogP contribution < -0.4 is 5.32 Å². The first kappa shape index (κ1) is 13.5. The largest absolute Gasteiger partial charge is 0.374 e. The van der Waals surface area contributed by atoms with Gasteiger partial charge in [-0.2, -0.15) is 0 Å². The average molecular weight is 268 g/mol. The summed E-state index contributed by atoms with van der Waals surface area (Å²) in [5.41, 5.74) is 1.43. The number of aromatic nitrogens is 1. The topological polar surface area (TPSA) is 54.1 Å². The maximum absolute atomic E-state index is 11.9. The van der Waals surface area contributed by atoms with Gasteiger partial charge in [-0.1, -0.05) is 6.07 Å². The van der Waals surface area contributed by atoms with Gasteiger partial charge in [0.15, 0.2) is 0 Å². The van der Waals surface area contributed by atoms with E-state index in [0.29, 0.717) is 5.56 Å². The molecule has 0 bridgehead atoms. The van der Waals surface area contributed by atoms with Crippen LogP contribution in [0.3, 0.4) is 0 Å². The third-order valence-electron chi connectivity index (χ3n) is 2.62. The fraction of sp³-hybridized carbons (Fsp3) is 0.308. The molecular weight excluding hydrogens is 254 g/mol. The predicted molar refractivity (Wildman–Crippen MR) is 67.5 cm³/mol. The normalized spacial score (nSPS) is 11.1. The summed E-state index contributed by atoms with van der Waals surface area (Å²) >= 11 is 0. The van der Waals surface area contributed by atoms with E-state index >= 15 is 0 Å². The molecule has 0 fully saturated rings. The Morgan fingerprint density at radius 3 is 3.00 bits per heavy atom. The molecule has 0 saturated carbocycles. The van der Waals surface area contributed by atoms with Crippen molar-refractivity contribution < 1.29 is 18.3 Å². The number of carbonyl (C=O) groups excluding carboxylic acids is 1. The molecule has 0 saturated heterocycles. The number of fused-ring (bicyclic) bond motifs is 1. The number of alkyl halides is 2. The average Bonchev–Trinajstić information content (AvgIpc) is 2.85. The molecule has 0 aliphatic heterocycles. The maximum Gasteiger partial charge on any atom is 0.261 e. The van der Waals surface area contributed by atoms with Gasteiger partial charge in [-0.05, 0) is 18.2 Å². The monoisotopic (exact) mass is 268 g/mol. The standard InChI is InChI=1S/C13H14F2N2O2/c14-12(15)8-19-7-6-17-13(18)10-2-1-3-11-9(10)4-5-16-11/h1-5,12,16H,6-8H2,(H,17,18). The zero-order valence-corrected chi connectivity index (χ0v) is 10.2. The van der Waals surface area contributed by atoms with E-state index in [-0.39, 0.29) is 19.1 Å². The Hall–Kier alpha value is -1.95. The highest BCUT2D eigenvalue weighted by atomic mass is 19.3. The summed E-state index contributed by atoms with van der Waals surface area (Å²) in [5, 5.41) is 3.46. The number of ether oxygens (including phenoxy) is 1. The molecule has 0 atom stereocenters. The molecule has 2 rings (SSSR count). The van der Waals surface area contributed by atoms with Crippen molar-refractivity contribution in [2.75, 3.05) is 19.8 Å². The van der Waals surface area contributed by atoms with Crippen LogP contribution in [0.25, 0.3) is 10.9 Å². The molecule has 0 aliphatic carbocycles. The number of H-pyrrole nitrogens is 1. The first-order valence-electron chi connectivity index (χ1n) is 5.88. The van der Waals surface area contributed by atoms with E-state index < -0.39 is 13.0 Å². The Bertz CT molecular complexity index is 554. The smallest absolute Gasteiger partial charge is 0.261 e. The summed E-state index contributed by atoms with van der Waals surface area (Å²) in [6, 6.07) is 7.18. The van der Waals surface area contributed by atoms with Gasteiger partial charge in [-0.25, -0.2) is 8.78 Å². The highest BCUT2D eigenvalue weighted by Crippen LogP contribution is 2.16. The summed E-state index contributed by atoms with van der Waals surface area (Å²) in [6.45, 7) is -0.338. The number of rotatable bonds is 6. The van der Waals surface area contributed by atoms with E-state index in [0.717, 1.165) is 10.9 Å². The summed E-state index contributed by atoms with van der Waals surface area (Å²) in [4.78, 5) is 14.9. The van der Waals surface area contributed by atoms with E-state index in [1.807, 2.05) is 12.1 Å². The molecule has 2 aromatic rings. The van der Waals surface area contributed by atoms with Gasteiger partial charge in [0.1, 0.15) is 6.61 Å². The van der Waals surface area contributed by atoms with Gasteiger partial charge in [0.25, 0.3) is 12.3 Å². The minimum atomic E-state index is -2.48. The lowest BCUT2D eigenvalue weighted by atomic mass is 10.1. The Kier molecular flexibility index (Phi) is 4.46. The maximum atomic E-state index is 11.9. The molecule has 0 radical (unpaired) electrons. The number of aromatic amines is 1. The molecule has 0 spiro atoms. The van der Waals surface area contributed by atoms with Crippen LogP contribution in [0.15, 0.2) is 30.5 Å². The second kappa shape index (κ2) is 6.29. The predicted octanol–water partition coefficient (Wildman–Crippen LogP) is 2.18. The van der Waals surface area contributed by atoms with E-state index in [1.54, 1.807) is 18.3 Å². The van der Waals surface area contributed by atoms with Gasteiger partial charge in [0.2, 0.25) is 0 Å². The van der Waals surface area contributed by atoms with E-state index in [4.69, 9.17) is 0 Å². The summed E-state index contributed by atoms with van der Waals surface area (Å²) < 4.78 is 28.3. The highest BCUT2D eigenvalue weighted by molar-refractivity contribution is 6.06. The zero-order valence-electron chi connectivity index (χ0n) is 10.2. The van der Waals surface area contributed by atoms with Crippen LogP contribution in [0.5, 0.6) is 0 Å². The number of amides is 1. The van der Waals surface area contributed by atoms with Crippen molar-refractivity contribution in [3.63, 3.8) is 0 Å². The molecule has 19 heavy (non-hydrogen) atoms. The third kappa shape index (κ3) is 3.51. The van der Waals surface area contributed by atoms with Crippen LogP contribution in [0.4, 0.5) is 8.78 Å². The second-order valence-electron chi connectivity index (χ2n) is 3.97. The van der Waals surface area contributed by atoms with Crippen molar-refractivity contribution >= 4 is 16.8 Å². The summed E-state index contributed by atoms with van der Waals surface area (Å²) in [5.74, 6) is -0.245. The lowest BCUT2D eigenvalue weighted by Crippen LogP contribution is -2.27. The van der Waals surface area contributed by atoms with Crippen LogP contribution >= 0.6 is 0 Å². The molecule has 102 valence electrons. The van der Waals surface area contributed by atoms with Crippen molar-refractivity contribution in [2.45, 2.75) is 6.43 Å². The van der Waals surface area contributed by atoms with Crippen LogP contribution in [0.1, 0.15) is 10.4 Å². The Labute approximate surface area is 108 Å². The fourth-order valence-corrected chi connectivity index (χ4v) is 1.79. The second-order valence-corrected chi connectivity index (χ2v) is 3.97. The van der Waals surface area contributed by atoms with Crippen molar-refractivity contribution in [3.05, 3.63) is 36.0 Å². The highest BCUT2D eigenvalue weighted by Gasteiger charge is 2.09. The lowest BCUT2D eigenvalue weighted by molar-refractivity contribution is 0.0188. The Morgan fingerprint density at radius 2 is 2.21 bits per heavy atom. The number of halogens is 2. The number of carbonyl (C=O) groups is 1. The minimum Gasteiger partial charge on any atom is -0.374 e. The zero-order chi connectivity index (χ0) is 13.7. The van der Waals surface area contributed by atoms with Crippen LogP contribution in [-0.2, 0) is 4.74 Å². The summed E-state index contributed by atoms with van der Waals surface area (Å²) in [6.07, 6.45) is -0.725. The molecule has 2 N–H and O–H groups in total. The van der Waals surface area contributed by atoms with Gasteiger partial charge >= 0.3 is 0 Å². The first-order chi connectivity index (χ1) is 9.18. The van der Waals surface area contributed by atoms with Gasteiger partial charge in [-0.3, -0.25) is 4.79 Å². The van der Waals surface area contributed by atoms with E-state index in [2.05, 4.69) is 15.0 Å². The number of hydrogen-bond acceptors (Lipinski definition) is 2. The minimum absolute atomic E-state index is 0.0686. The third-order valence-corrected chi connectivity index (χ3v) is 2.62. The number of nitrogens with one attached hydrogen (secondary N) is 2. The van der Waals surface area contributed by atoms with Crippen LogP contribution in [-0.4, -0.2) is 37.1 Å². The van der Waals surface area contributed by atoms with E-state index in [9.17, 15) is 13.6 Å². The Morgan fingerprint density at radius 1 is 1.37 bits per heavy atom. The molecule has 1 aromatic carbocycles. The SMILES string of the molecule is O=C(NCCOCC(F)F)c1cccc2[nH]ccc12. The molecule has 4 nitrogen and oxygen atoms in total. The quantitative estimate of drug-likeness (QED) is 0.789. The van der Waals surface area contributed by atoms with Gasteiger partial charge in [0, 0.05) is 29.2 Å². The molecule has 6 heteroatoms. The summed E-state index contributed by atoms with van der Waals surface area (Å²) in [7, 11) is 0. The molecule has 1 heterocycles. The fourth-order valence-electron chi connectivity index (χ4n) is 1.79. The molecule has 1 amide bonds. The van der Waals surface area contributed by atoms with Crippen molar-refractivity contribution in [2.24, 2.45) is 0 Å². The number of benzene rings is 1. The molecule has 0 unspecified atom stereocenters. The Balaban J connectivity index is 1.88. The van der Waals surface area contributed by atoms with E-state index in [1.165, 1.54) is 0 Å². The van der Waals surface area contributed by atoms with Gasteiger partial charge in [-0.15, -0.1) is 0 Å². The van der Waals surface area contributed by atoms with Crippen molar-refractivity contribution in [1.82, 2.24) is 10.3 Å². The van der Waals surface area contributed by atoms with Gasteiger partial charge in [0.05, 0.1) is 6.61 Å². The van der Waals surface area contributed by atoms with Crippen LogP contribution in [0.2, 0.25) is 0 Å². The first-order valence-corrected chi connectivity index (χ1v) is 5.88. The molecular formula is C13H14F2N2O2. The molecule has 1 aromatic heterocycles. The lowest BCUT2D eigenvalue weighted by Gasteiger charge is -2.07. The van der Waals surface area contributed by atoms with Crippen molar-refractivity contribution in [3.8, 4) is 0 Å². The molecule has 0 aliphatic rings.